The molecule has 3 heteroatoms. The Balaban J connectivity index is 3.48. The Labute approximate surface area is 106 Å². The molecular formula is C12H27NS2. The highest BCUT2D eigenvalue weighted by Crippen LogP contribution is 2.10. The summed E-state index contributed by atoms with van der Waals surface area (Å²) in [5.41, 5.74) is 0. The molecule has 0 aliphatic heterocycles. The van der Waals surface area contributed by atoms with Crippen LogP contribution in [0.5, 0.6) is 0 Å². The summed E-state index contributed by atoms with van der Waals surface area (Å²) in [7, 11) is 2.27. The second kappa shape index (κ2) is 11.2. The maximum Gasteiger partial charge on any atom is 0.0180 e. The van der Waals surface area contributed by atoms with Gasteiger partial charge in [-0.15, -0.1) is 0 Å². The highest BCUT2D eigenvalue weighted by Gasteiger charge is 2.10. The van der Waals surface area contributed by atoms with E-state index >= 15 is 0 Å². The van der Waals surface area contributed by atoms with Crippen LogP contribution in [0.25, 0.3) is 0 Å². The van der Waals surface area contributed by atoms with Gasteiger partial charge in [-0.3, -0.25) is 0 Å². The number of unbranched alkanes of at least 4 members (excludes halogenated alkanes) is 3. The van der Waals surface area contributed by atoms with E-state index in [0.717, 1.165) is 11.8 Å². The lowest BCUT2D eigenvalue weighted by Gasteiger charge is -2.26. The number of hydrogen-bond donors (Lipinski definition) is 1. The smallest absolute Gasteiger partial charge is 0.0180 e. The van der Waals surface area contributed by atoms with Gasteiger partial charge in [-0.2, -0.15) is 24.4 Å². The lowest BCUT2D eigenvalue weighted by Crippen LogP contribution is -2.33. The average Bonchev–Trinajstić information content (AvgIpc) is 2.25. The third-order valence-electron chi connectivity index (χ3n) is 2.87. The van der Waals surface area contributed by atoms with Crippen LogP contribution in [0.3, 0.4) is 0 Å². The molecule has 0 bridgehead atoms. The van der Waals surface area contributed by atoms with Crippen molar-refractivity contribution in [3.05, 3.63) is 0 Å². The Kier molecular flexibility index (Phi) is 11.6. The fraction of sp³-hybridized carbons (Fsp3) is 1.00. The van der Waals surface area contributed by atoms with E-state index in [0.29, 0.717) is 0 Å². The first kappa shape index (κ1) is 15.7. The number of hydrogen-bond acceptors (Lipinski definition) is 3. The summed E-state index contributed by atoms with van der Waals surface area (Å²) in [5, 5.41) is 0. The lowest BCUT2D eigenvalue weighted by molar-refractivity contribution is 0.250. The first-order valence-corrected chi connectivity index (χ1v) is 8.08. The molecule has 1 unspecified atom stereocenters. The monoisotopic (exact) mass is 249 g/mol. The lowest BCUT2D eigenvalue weighted by atomic mass is 10.1. The minimum absolute atomic E-state index is 0.768. The van der Waals surface area contributed by atoms with E-state index in [1.165, 1.54) is 44.4 Å². The van der Waals surface area contributed by atoms with Crippen molar-refractivity contribution in [2.45, 2.75) is 45.1 Å². The van der Waals surface area contributed by atoms with Gasteiger partial charge in [0.05, 0.1) is 0 Å². The first-order chi connectivity index (χ1) is 7.26. The molecule has 0 aliphatic carbocycles. The quantitative estimate of drug-likeness (QED) is 0.466. The molecule has 0 heterocycles. The van der Waals surface area contributed by atoms with Crippen LogP contribution in [0.2, 0.25) is 0 Å². The van der Waals surface area contributed by atoms with Crippen molar-refractivity contribution < 1.29 is 0 Å². The molecule has 0 aromatic rings. The molecule has 1 atom stereocenters. The van der Waals surface area contributed by atoms with Crippen LogP contribution in [0.4, 0.5) is 0 Å². The predicted molar refractivity (Wildman–Crippen MR) is 77.4 cm³/mol. The molecule has 0 saturated heterocycles. The number of thiol groups is 1. The van der Waals surface area contributed by atoms with Crippen molar-refractivity contribution in [1.82, 2.24) is 4.90 Å². The van der Waals surface area contributed by atoms with Gasteiger partial charge in [0.2, 0.25) is 0 Å². The van der Waals surface area contributed by atoms with Gasteiger partial charge in [-0.25, -0.2) is 0 Å². The zero-order chi connectivity index (χ0) is 11.5. The van der Waals surface area contributed by atoms with Crippen molar-refractivity contribution in [2.24, 2.45) is 0 Å². The van der Waals surface area contributed by atoms with Gasteiger partial charge in [-0.05, 0) is 44.9 Å². The molecule has 0 aromatic heterocycles. The van der Waals surface area contributed by atoms with Crippen LogP contribution < -0.4 is 0 Å². The van der Waals surface area contributed by atoms with E-state index < -0.39 is 0 Å². The van der Waals surface area contributed by atoms with E-state index in [-0.39, 0.29) is 0 Å². The molecule has 0 amide bonds. The molecule has 92 valence electrons. The van der Waals surface area contributed by atoms with Crippen molar-refractivity contribution >= 4 is 24.4 Å². The van der Waals surface area contributed by atoms with Crippen LogP contribution in [0.1, 0.15) is 39.0 Å². The molecule has 0 N–H and O–H groups in total. The molecule has 0 fully saturated rings. The zero-order valence-corrected chi connectivity index (χ0v) is 12.2. The summed E-state index contributed by atoms with van der Waals surface area (Å²) in [5.74, 6) is 2.31. The maximum atomic E-state index is 4.23. The SMILES string of the molecule is CCC(CSC)N(C)CCCCCCS. The summed E-state index contributed by atoms with van der Waals surface area (Å²) in [4.78, 5) is 2.52. The minimum Gasteiger partial charge on any atom is -0.303 e. The molecule has 1 nitrogen and oxygen atoms in total. The fourth-order valence-electron chi connectivity index (χ4n) is 1.76. The van der Waals surface area contributed by atoms with E-state index in [1.807, 2.05) is 11.8 Å². The number of rotatable bonds is 10. The fourth-order valence-corrected chi connectivity index (χ4v) is 2.86. The van der Waals surface area contributed by atoms with Gasteiger partial charge in [-0.1, -0.05) is 19.8 Å². The second-order valence-corrected chi connectivity index (χ2v) is 5.49. The molecule has 0 saturated carbocycles. The summed E-state index contributed by atoms with van der Waals surface area (Å²) < 4.78 is 0. The Morgan fingerprint density at radius 3 is 2.40 bits per heavy atom. The van der Waals surface area contributed by atoms with Crippen molar-refractivity contribution in [1.29, 1.82) is 0 Å². The Bertz CT molecular complexity index is 131. The summed E-state index contributed by atoms with van der Waals surface area (Å²) in [6, 6.07) is 0.768. The molecule has 0 aromatic carbocycles. The standard InChI is InChI=1S/C12H27NS2/c1-4-12(11-15-3)13(2)9-7-5-6-8-10-14/h12,14H,4-11H2,1-3H3. The van der Waals surface area contributed by atoms with E-state index in [2.05, 4.69) is 37.8 Å². The minimum atomic E-state index is 0.768. The Hall–Kier alpha value is 0.660. The van der Waals surface area contributed by atoms with Crippen molar-refractivity contribution in [2.75, 3.05) is 31.4 Å². The van der Waals surface area contributed by atoms with E-state index in [4.69, 9.17) is 0 Å². The van der Waals surface area contributed by atoms with Crippen LogP contribution in [-0.4, -0.2) is 42.3 Å². The Morgan fingerprint density at radius 2 is 1.87 bits per heavy atom. The molecule has 0 spiro atoms. The normalized spacial score (nSPS) is 13.4. The van der Waals surface area contributed by atoms with Gasteiger partial charge < -0.3 is 4.90 Å². The van der Waals surface area contributed by atoms with E-state index in [9.17, 15) is 0 Å². The molecule has 0 aliphatic rings. The van der Waals surface area contributed by atoms with Gasteiger partial charge in [0.15, 0.2) is 0 Å². The maximum absolute atomic E-state index is 4.23. The van der Waals surface area contributed by atoms with Crippen LogP contribution in [0, 0.1) is 0 Å². The molecule has 15 heavy (non-hydrogen) atoms. The highest BCUT2D eigenvalue weighted by atomic mass is 32.2. The highest BCUT2D eigenvalue weighted by molar-refractivity contribution is 7.98. The van der Waals surface area contributed by atoms with Crippen LogP contribution >= 0.6 is 24.4 Å². The average molecular weight is 249 g/mol. The topological polar surface area (TPSA) is 3.24 Å². The summed E-state index contributed by atoms with van der Waals surface area (Å²) in [6.45, 7) is 3.55. The third-order valence-corrected chi connectivity index (χ3v) is 3.91. The number of nitrogens with zero attached hydrogens (tertiary/aromatic N) is 1. The first-order valence-electron chi connectivity index (χ1n) is 6.06. The van der Waals surface area contributed by atoms with Crippen LogP contribution in [-0.2, 0) is 0 Å². The molecular weight excluding hydrogens is 222 g/mol. The van der Waals surface area contributed by atoms with Gasteiger partial charge in [0.1, 0.15) is 0 Å². The summed E-state index contributed by atoms with van der Waals surface area (Å²) in [6.07, 6.45) is 8.79. The largest absolute Gasteiger partial charge is 0.303 e. The number of thioether (sulfide) groups is 1. The van der Waals surface area contributed by atoms with Gasteiger partial charge in [0, 0.05) is 11.8 Å². The van der Waals surface area contributed by atoms with Gasteiger partial charge in [0.25, 0.3) is 0 Å². The molecule has 0 radical (unpaired) electrons. The summed E-state index contributed by atoms with van der Waals surface area (Å²) >= 11 is 6.18. The second-order valence-electron chi connectivity index (χ2n) is 4.14. The van der Waals surface area contributed by atoms with Crippen LogP contribution in [0.15, 0.2) is 0 Å². The van der Waals surface area contributed by atoms with Crippen molar-refractivity contribution in [3.8, 4) is 0 Å². The predicted octanol–water partition coefficient (Wildman–Crippen LogP) is 3.55. The zero-order valence-electron chi connectivity index (χ0n) is 10.5. The van der Waals surface area contributed by atoms with E-state index in [1.54, 1.807) is 0 Å². The third kappa shape index (κ3) is 8.47. The van der Waals surface area contributed by atoms with Crippen molar-refractivity contribution in [3.63, 3.8) is 0 Å². The Morgan fingerprint density at radius 1 is 1.20 bits per heavy atom. The van der Waals surface area contributed by atoms with Gasteiger partial charge >= 0.3 is 0 Å². The molecule has 0 rings (SSSR count).